The lowest BCUT2D eigenvalue weighted by Gasteiger charge is -2.10. The normalized spacial score (nSPS) is 14.2. The first-order chi connectivity index (χ1) is 14.4. The molecule has 0 radical (unpaired) electrons. The second-order valence-corrected chi connectivity index (χ2v) is 8.14. The third-order valence-corrected chi connectivity index (χ3v) is 5.44. The molecule has 0 aromatic heterocycles. The van der Waals surface area contributed by atoms with Crippen LogP contribution >= 0.6 is 0 Å². The average molecular weight is 399 g/mol. The van der Waals surface area contributed by atoms with Crippen LogP contribution in [0.25, 0.3) is 6.08 Å². The monoisotopic (exact) mass is 398 g/mol. The van der Waals surface area contributed by atoms with Crippen molar-refractivity contribution in [1.29, 1.82) is 0 Å². The van der Waals surface area contributed by atoms with Crippen LogP contribution in [-0.4, -0.2) is 5.78 Å². The molecule has 3 nitrogen and oxygen atoms in total. The first kappa shape index (κ1) is 20.0. The van der Waals surface area contributed by atoms with Crippen molar-refractivity contribution in [3.8, 4) is 11.5 Å². The standard InChI is InChI=1S/C27H26O3/c1-17(2)21-9-7-20(8-10-21)14-26-27(28)24-12-11-23(15-25(24)30-26)29-16-22-13-18(3)5-6-19(22)4/h5-15,17H,16H2,1-4H3. The molecule has 0 saturated heterocycles. The van der Waals surface area contributed by atoms with Gasteiger partial charge in [0.2, 0.25) is 5.78 Å². The van der Waals surface area contributed by atoms with Gasteiger partial charge in [-0.1, -0.05) is 61.9 Å². The summed E-state index contributed by atoms with van der Waals surface area (Å²) < 4.78 is 11.8. The second kappa shape index (κ2) is 8.19. The fraction of sp³-hybridized carbons (Fsp3) is 0.222. The summed E-state index contributed by atoms with van der Waals surface area (Å²) in [5, 5.41) is 0. The van der Waals surface area contributed by atoms with Gasteiger partial charge in [-0.15, -0.1) is 0 Å². The van der Waals surface area contributed by atoms with E-state index in [4.69, 9.17) is 9.47 Å². The van der Waals surface area contributed by atoms with Crippen molar-refractivity contribution in [2.75, 3.05) is 0 Å². The van der Waals surface area contributed by atoms with Gasteiger partial charge >= 0.3 is 0 Å². The third-order valence-electron chi connectivity index (χ3n) is 5.44. The Hall–Kier alpha value is -3.33. The van der Waals surface area contributed by atoms with E-state index in [0.717, 1.165) is 11.1 Å². The van der Waals surface area contributed by atoms with Gasteiger partial charge in [0, 0.05) is 6.07 Å². The minimum Gasteiger partial charge on any atom is -0.489 e. The molecule has 0 aliphatic carbocycles. The molecule has 3 heteroatoms. The summed E-state index contributed by atoms with van der Waals surface area (Å²) in [6.45, 7) is 8.95. The van der Waals surface area contributed by atoms with Crippen LogP contribution in [0.1, 0.15) is 57.9 Å². The van der Waals surface area contributed by atoms with Gasteiger partial charge in [0.25, 0.3) is 0 Å². The van der Waals surface area contributed by atoms with Crippen LogP contribution in [0, 0.1) is 13.8 Å². The maximum Gasteiger partial charge on any atom is 0.231 e. The number of hydrogen-bond acceptors (Lipinski definition) is 3. The molecule has 3 aromatic carbocycles. The number of benzene rings is 3. The summed E-state index contributed by atoms with van der Waals surface area (Å²) in [5.41, 5.74) is 6.34. The summed E-state index contributed by atoms with van der Waals surface area (Å²) in [5.74, 6) is 1.95. The predicted molar refractivity (Wildman–Crippen MR) is 120 cm³/mol. The quantitative estimate of drug-likeness (QED) is 0.453. The van der Waals surface area contributed by atoms with Gasteiger partial charge < -0.3 is 9.47 Å². The molecule has 30 heavy (non-hydrogen) atoms. The number of rotatable bonds is 5. The van der Waals surface area contributed by atoms with E-state index in [1.54, 1.807) is 18.2 Å². The average Bonchev–Trinajstić information content (AvgIpc) is 3.04. The summed E-state index contributed by atoms with van der Waals surface area (Å²) in [4.78, 5) is 12.7. The summed E-state index contributed by atoms with van der Waals surface area (Å²) in [7, 11) is 0. The van der Waals surface area contributed by atoms with Crippen molar-refractivity contribution in [3.05, 3.63) is 99.8 Å². The lowest BCUT2D eigenvalue weighted by atomic mass is 10.0. The Labute approximate surface area is 178 Å². The number of hydrogen-bond donors (Lipinski definition) is 0. The zero-order valence-corrected chi connectivity index (χ0v) is 17.9. The Morgan fingerprint density at radius 2 is 1.73 bits per heavy atom. The Bertz CT molecular complexity index is 1120. The molecule has 1 heterocycles. The van der Waals surface area contributed by atoms with Crippen LogP contribution in [-0.2, 0) is 6.61 Å². The van der Waals surface area contributed by atoms with Gasteiger partial charge in [-0.05, 0) is 60.2 Å². The SMILES string of the molecule is Cc1ccc(C)c(COc2ccc3c(c2)OC(=Cc2ccc(C(C)C)cc2)C3=O)c1. The van der Waals surface area contributed by atoms with E-state index >= 15 is 0 Å². The number of ketones is 1. The zero-order valence-electron chi connectivity index (χ0n) is 17.9. The Morgan fingerprint density at radius 3 is 2.47 bits per heavy atom. The highest BCUT2D eigenvalue weighted by atomic mass is 16.5. The van der Waals surface area contributed by atoms with Gasteiger partial charge in [0.05, 0.1) is 5.56 Å². The van der Waals surface area contributed by atoms with Crippen LogP contribution in [0.3, 0.4) is 0 Å². The molecule has 152 valence electrons. The van der Waals surface area contributed by atoms with E-state index in [-0.39, 0.29) is 5.78 Å². The van der Waals surface area contributed by atoms with E-state index in [0.29, 0.717) is 35.3 Å². The number of ether oxygens (including phenoxy) is 2. The van der Waals surface area contributed by atoms with Gasteiger partial charge in [-0.3, -0.25) is 4.79 Å². The van der Waals surface area contributed by atoms with Gasteiger partial charge in [0.1, 0.15) is 18.1 Å². The molecule has 4 rings (SSSR count). The minimum atomic E-state index is -0.0981. The molecule has 0 N–H and O–H groups in total. The molecule has 1 aliphatic heterocycles. The third kappa shape index (κ3) is 4.16. The van der Waals surface area contributed by atoms with E-state index < -0.39 is 0 Å². The van der Waals surface area contributed by atoms with Crippen molar-refractivity contribution >= 4 is 11.9 Å². The minimum absolute atomic E-state index is 0.0981. The molecule has 0 amide bonds. The van der Waals surface area contributed by atoms with E-state index in [1.165, 1.54) is 16.7 Å². The number of Topliss-reactive ketones (excluding diaryl/α,β-unsaturated/α-hetero) is 1. The molecular formula is C27H26O3. The first-order valence-electron chi connectivity index (χ1n) is 10.3. The van der Waals surface area contributed by atoms with Crippen LogP contribution in [0.15, 0.2) is 66.4 Å². The molecule has 0 bridgehead atoms. The molecule has 0 atom stereocenters. The molecule has 0 saturated carbocycles. The topological polar surface area (TPSA) is 35.5 Å². The molecular weight excluding hydrogens is 372 g/mol. The Morgan fingerprint density at radius 1 is 0.967 bits per heavy atom. The highest BCUT2D eigenvalue weighted by Crippen LogP contribution is 2.35. The van der Waals surface area contributed by atoms with Gasteiger partial charge in [0.15, 0.2) is 5.76 Å². The second-order valence-electron chi connectivity index (χ2n) is 8.14. The summed E-state index contributed by atoms with van der Waals surface area (Å²) in [6.07, 6.45) is 1.79. The number of carbonyl (C=O) groups excluding carboxylic acids is 1. The fourth-order valence-corrected chi connectivity index (χ4v) is 3.50. The smallest absolute Gasteiger partial charge is 0.231 e. The van der Waals surface area contributed by atoms with E-state index in [1.807, 2.05) is 18.2 Å². The number of allylic oxidation sites excluding steroid dienone is 1. The number of fused-ring (bicyclic) bond motifs is 1. The fourth-order valence-electron chi connectivity index (χ4n) is 3.50. The van der Waals surface area contributed by atoms with Crippen molar-refractivity contribution in [1.82, 2.24) is 0 Å². The van der Waals surface area contributed by atoms with Gasteiger partial charge in [-0.25, -0.2) is 0 Å². The molecule has 3 aromatic rings. The maximum atomic E-state index is 12.7. The highest BCUT2D eigenvalue weighted by molar-refractivity contribution is 6.14. The Balaban J connectivity index is 1.50. The van der Waals surface area contributed by atoms with E-state index in [2.05, 4.69) is 58.0 Å². The molecule has 0 fully saturated rings. The van der Waals surface area contributed by atoms with Crippen molar-refractivity contribution in [2.45, 2.75) is 40.2 Å². The largest absolute Gasteiger partial charge is 0.489 e. The first-order valence-corrected chi connectivity index (χ1v) is 10.3. The maximum absolute atomic E-state index is 12.7. The number of carbonyl (C=O) groups is 1. The molecule has 0 spiro atoms. The van der Waals surface area contributed by atoms with Crippen molar-refractivity contribution in [3.63, 3.8) is 0 Å². The molecule has 1 aliphatic rings. The zero-order chi connectivity index (χ0) is 21.3. The van der Waals surface area contributed by atoms with Crippen molar-refractivity contribution in [2.24, 2.45) is 0 Å². The van der Waals surface area contributed by atoms with E-state index in [9.17, 15) is 4.79 Å². The lowest BCUT2D eigenvalue weighted by Crippen LogP contribution is -1.99. The Kier molecular flexibility index (Phi) is 5.45. The van der Waals surface area contributed by atoms with Crippen molar-refractivity contribution < 1.29 is 14.3 Å². The number of aryl methyl sites for hydroxylation is 2. The predicted octanol–water partition coefficient (Wildman–Crippen LogP) is 6.62. The van der Waals surface area contributed by atoms with Crippen LogP contribution < -0.4 is 9.47 Å². The van der Waals surface area contributed by atoms with Crippen LogP contribution in [0.5, 0.6) is 11.5 Å². The van der Waals surface area contributed by atoms with Gasteiger partial charge in [-0.2, -0.15) is 0 Å². The summed E-state index contributed by atoms with van der Waals surface area (Å²) in [6, 6.07) is 19.9. The lowest BCUT2D eigenvalue weighted by molar-refractivity contribution is 0.101. The molecule has 0 unspecified atom stereocenters. The van der Waals surface area contributed by atoms with Crippen LogP contribution in [0.2, 0.25) is 0 Å². The summed E-state index contributed by atoms with van der Waals surface area (Å²) >= 11 is 0. The highest BCUT2D eigenvalue weighted by Gasteiger charge is 2.27. The van der Waals surface area contributed by atoms with Crippen LogP contribution in [0.4, 0.5) is 0 Å².